The van der Waals surface area contributed by atoms with Crippen LogP contribution in [0.5, 0.6) is 11.5 Å². The number of ether oxygens (including phenoxy) is 3. The van der Waals surface area contributed by atoms with Crippen LogP contribution in [-0.2, 0) is 14.8 Å². The van der Waals surface area contributed by atoms with E-state index in [0.29, 0.717) is 60.6 Å². The molecule has 1 saturated heterocycles. The molecule has 1 aromatic heterocycles. The lowest BCUT2D eigenvalue weighted by Crippen LogP contribution is -2.40. The molecule has 0 unspecified atom stereocenters. The van der Waals surface area contributed by atoms with Gasteiger partial charge in [-0.3, -0.25) is 0 Å². The molecular weight excluding hydrogens is 398 g/mol. The molecule has 0 spiro atoms. The lowest BCUT2D eigenvalue weighted by molar-refractivity contribution is 0.0730. The fourth-order valence-corrected chi connectivity index (χ4v) is 4.61. The van der Waals surface area contributed by atoms with E-state index in [0.717, 1.165) is 0 Å². The molecule has 9 nitrogen and oxygen atoms in total. The van der Waals surface area contributed by atoms with Gasteiger partial charge in [-0.25, -0.2) is 8.42 Å². The molecule has 2 aromatic carbocycles. The molecule has 5 rings (SSSR count). The van der Waals surface area contributed by atoms with Crippen molar-refractivity contribution in [3.63, 3.8) is 0 Å². The predicted octanol–water partition coefficient (Wildman–Crippen LogP) is 2.15. The molecule has 0 saturated carbocycles. The maximum Gasteiger partial charge on any atom is 0.258 e. The minimum Gasteiger partial charge on any atom is -0.454 e. The molecule has 1 fully saturated rings. The van der Waals surface area contributed by atoms with Crippen molar-refractivity contribution in [3.8, 4) is 34.3 Å². The van der Waals surface area contributed by atoms with Crippen molar-refractivity contribution in [2.24, 2.45) is 0 Å². The minimum absolute atomic E-state index is 0.188. The number of hydrogen-bond acceptors (Lipinski definition) is 8. The molecule has 3 aromatic rings. The Morgan fingerprint density at radius 2 is 1.62 bits per heavy atom. The van der Waals surface area contributed by atoms with Crippen molar-refractivity contribution in [1.82, 2.24) is 14.4 Å². The Bertz CT molecular complexity index is 1140. The van der Waals surface area contributed by atoms with Crippen LogP contribution >= 0.6 is 0 Å². The van der Waals surface area contributed by atoms with Gasteiger partial charge in [-0.2, -0.15) is 9.29 Å². The summed E-state index contributed by atoms with van der Waals surface area (Å²) >= 11 is 0. The van der Waals surface area contributed by atoms with Gasteiger partial charge in [0.2, 0.25) is 22.6 Å². The topological polar surface area (TPSA) is 104 Å². The first-order valence-electron chi connectivity index (χ1n) is 9.03. The summed E-state index contributed by atoms with van der Waals surface area (Å²) in [5.74, 6) is 2.00. The lowest BCUT2D eigenvalue weighted by atomic mass is 10.2. The molecule has 2 aliphatic heterocycles. The van der Waals surface area contributed by atoms with Crippen LogP contribution in [0.15, 0.2) is 51.9 Å². The predicted molar refractivity (Wildman–Crippen MR) is 101 cm³/mol. The molecule has 0 aliphatic carbocycles. The Kier molecular flexibility index (Phi) is 4.46. The Morgan fingerprint density at radius 3 is 2.41 bits per heavy atom. The Morgan fingerprint density at radius 1 is 0.897 bits per heavy atom. The van der Waals surface area contributed by atoms with E-state index in [-0.39, 0.29) is 11.7 Å². The smallest absolute Gasteiger partial charge is 0.258 e. The van der Waals surface area contributed by atoms with E-state index in [1.54, 1.807) is 36.4 Å². The first-order chi connectivity index (χ1) is 14.1. The highest BCUT2D eigenvalue weighted by molar-refractivity contribution is 7.89. The van der Waals surface area contributed by atoms with E-state index in [4.69, 9.17) is 18.7 Å². The maximum atomic E-state index is 12.7. The largest absolute Gasteiger partial charge is 0.454 e. The maximum absolute atomic E-state index is 12.7. The first-order valence-corrected chi connectivity index (χ1v) is 10.5. The van der Waals surface area contributed by atoms with E-state index in [2.05, 4.69) is 10.1 Å². The van der Waals surface area contributed by atoms with E-state index in [1.807, 2.05) is 6.07 Å². The fourth-order valence-electron chi connectivity index (χ4n) is 3.20. The SMILES string of the molecule is O=S(=O)(c1ccc(-c2noc(-c3ccc4c(c3)OCO4)n2)cc1)N1CCOCC1. The third-order valence-electron chi connectivity index (χ3n) is 4.77. The number of nitrogens with zero attached hydrogens (tertiary/aromatic N) is 3. The van der Waals surface area contributed by atoms with Gasteiger partial charge in [0.1, 0.15) is 0 Å². The number of benzene rings is 2. The normalized spacial score (nSPS) is 16.8. The zero-order valence-corrected chi connectivity index (χ0v) is 16.1. The summed E-state index contributed by atoms with van der Waals surface area (Å²) in [7, 11) is -3.54. The molecule has 10 heteroatoms. The van der Waals surface area contributed by atoms with Crippen LogP contribution < -0.4 is 9.47 Å². The van der Waals surface area contributed by atoms with E-state index in [9.17, 15) is 8.42 Å². The molecule has 0 bridgehead atoms. The van der Waals surface area contributed by atoms with Crippen LogP contribution in [0.2, 0.25) is 0 Å². The second kappa shape index (κ2) is 7.14. The van der Waals surface area contributed by atoms with E-state index in [1.165, 1.54) is 4.31 Å². The Balaban J connectivity index is 1.38. The second-order valence-corrected chi connectivity index (χ2v) is 8.47. The third kappa shape index (κ3) is 3.35. The summed E-state index contributed by atoms with van der Waals surface area (Å²) in [4.78, 5) is 4.63. The Labute approximate surface area is 166 Å². The lowest BCUT2D eigenvalue weighted by Gasteiger charge is -2.26. The van der Waals surface area contributed by atoms with Crippen LogP contribution in [0, 0.1) is 0 Å². The molecule has 2 aliphatic rings. The van der Waals surface area contributed by atoms with Gasteiger partial charge in [-0.15, -0.1) is 0 Å². The van der Waals surface area contributed by atoms with E-state index < -0.39 is 10.0 Å². The van der Waals surface area contributed by atoms with Crippen LogP contribution in [0.1, 0.15) is 0 Å². The molecule has 0 atom stereocenters. The van der Waals surface area contributed by atoms with Crippen LogP contribution in [0.25, 0.3) is 22.8 Å². The van der Waals surface area contributed by atoms with Crippen LogP contribution in [0.3, 0.4) is 0 Å². The highest BCUT2D eigenvalue weighted by atomic mass is 32.2. The standard InChI is InChI=1S/C19H17N3O6S/c23-29(24,22-7-9-25-10-8-22)15-4-1-13(2-5-15)18-20-19(28-21-18)14-3-6-16-17(11-14)27-12-26-16/h1-6,11H,7-10,12H2. The van der Waals surface area contributed by atoms with Crippen molar-refractivity contribution in [1.29, 1.82) is 0 Å². The molecule has 0 amide bonds. The fraction of sp³-hybridized carbons (Fsp3) is 0.263. The third-order valence-corrected chi connectivity index (χ3v) is 6.68. The molecule has 29 heavy (non-hydrogen) atoms. The number of sulfonamides is 1. The molecular formula is C19H17N3O6S. The van der Waals surface area contributed by atoms with Crippen molar-refractivity contribution in [2.45, 2.75) is 4.90 Å². The van der Waals surface area contributed by atoms with Gasteiger partial charge in [0.05, 0.1) is 18.1 Å². The van der Waals surface area contributed by atoms with Crippen LogP contribution in [-0.4, -0.2) is 56.0 Å². The van der Waals surface area contributed by atoms with Gasteiger partial charge in [-0.1, -0.05) is 5.16 Å². The van der Waals surface area contributed by atoms with Gasteiger partial charge in [-0.05, 0) is 42.5 Å². The number of hydrogen-bond donors (Lipinski definition) is 0. The van der Waals surface area contributed by atoms with Gasteiger partial charge < -0.3 is 18.7 Å². The van der Waals surface area contributed by atoms with Gasteiger partial charge in [0.15, 0.2) is 11.5 Å². The molecule has 0 N–H and O–H groups in total. The zero-order chi connectivity index (χ0) is 19.8. The summed E-state index contributed by atoms with van der Waals surface area (Å²) in [5, 5.41) is 4.00. The summed E-state index contributed by atoms with van der Waals surface area (Å²) in [6.07, 6.45) is 0. The quantitative estimate of drug-likeness (QED) is 0.639. The van der Waals surface area contributed by atoms with E-state index >= 15 is 0 Å². The Hall–Kier alpha value is -2.95. The zero-order valence-electron chi connectivity index (χ0n) is 15.3. The summed E-state index contributed by atoms with van der Waals surface area (Å²) in [6.45, 7) is 1.71. The van der Waals surface area contributed by atoms with Crippen molar-refractivity contribution in [3.05, 3.63) is 42.5 Å². The molecule has 0 radical (unpaired) electrons. The average molecular weight is 415 g/mol. The van der Waals surface area contributed by atoms with Gasteiger partial charge in [0, 0.05) is 24.2 Å². The summed E-state index contributed by atoms with van der Waals surface area (Å²) < 4.78 is 48.1. The summed E-state index contributed by atoms with van der Waals surface area (Å²) in [5.41, 5.74) is 1.36. The van der Waals surface area contributed by atoms with Gasteiger partial charge in [0.25, 0.3) is 5.89 Å². The highest BCUT2D eigenvalue weighted by Crippen LogP contribution is 2.35. The highest BCUT2D eigenvalue weighted by Gasteiger charge is 2.26. The number of aromatic nitrogens is 2. The van der Waals surface area contributed by atoms with Crippen LogP contribution in [0.4, 0.5) is 0 Å². The second-order valence-electron chi connectivity index (χ2n) is 6.53. The summed E-state index contributed by atoms with van der Waals surface area (Å²) in [6, 6.07) is 11.8. The number of rotatable bonds is 4. The van der Waals surface area contributed by atoms with Gasteiger partial charge >= 0.3 is 0 Å². The van der Waals surface area contributed by atoms with Crippen molar-refractivity contribution in [2.75, 3.05) is 33.1 Å². The number of morpholine rings is 1. The van der Waals surface area contributed by atoms with Crippen molar-refractivity contribution >= 4 is 10.0 Å². The van der Waals surface area contributed by atoms with Crippen molar-refractivity contribution < 1.29 is 27.2 Å². The number of fused-ring (bicyclic) bond motifs is 1. The minimum atomic E-state index is -3.54. The monoisotopic (exact) mass is 415 g/mol. The average Bonchev–Trinajstić information content (AvgIpc) is 3.43. The molecule has 150 valence electrons. The first kappa shape index (κ1) is 18.1. The molecule has 3 heterocycles.